The molecular formula is C21H19N5O4S. The predicted molar refractivity (Wildman–Crippen MR) is 115 cm³/mol. The second kappa shape index (κ2) is 7.80. The maximum Gasteiger partial charge on any atom is 0.264 e. The lowest BCUT2D eigenvalue weighted by Crippen LogP contribution is -2.16. The van der Waals surface area contributed by atoms with E-state index in [-0.39, 0.29) is 29.1 Å². The molecule has 2 aromatic carbocycles. The highest BCUT2D eigenvalue weighted by Gasteiger charge is 2.20. The van der Waals surface area contributed by atoms with E-state index in [9.17, 15) is 18.0 Å². The van der Waals surface area contributed by atoms with Crippen LogP contribution in [0.2, 0.25) is 0 Å². The molecule has 9 nitrogen and oxygen atoms in total. The molecule has 0 bridgehead atoms. The molecule has 1 aliphatic heterocycles. The summed E-state index contributed by atoms with van der Waals surface area (Å²) in [6, 6.07) is 12.5. The van der Waals surface area contributed by atoms with Gasteiger partial charge in [-0.3, -0.25) is 9.59 Å². The van der Waals surface area contributed by atoms with E-state index in [1.54, 1.807) is 38.1 Å². The Balaban J connectivity index is 1.47. The Hall–Kier alpha value is -3.79. The highest BCUT2D eigenvalue weighted by molar-refractivity contribution is 7.92. The van der Waals surface area contributed by atoms with E-state index < -0.39 is 10.0 Å². The van der Waals surface area contributed by atoms with E-state index in [1.807, 2.05) is 0 Å². The van der Waals surface area contributed by atoms with Crippen LogP contribution in [0.25, 0.3) is 0 Å². The number of aromatic nitrogens is 2. The minimum absolute atomic E-state index is 0.000500. The molecule has 3 N–H and O–H groups in total. The van der Waals surface area contributed by atoms with Crippen molar-refractivity contribution in [1.29, 1.82) is 0 Å². The van der Waals surface area contributed by atoms with Crippen LogP contribution in [0.1, 0.15) is 27.3 Å². The first-order valence-corrected chi connectivity index (χ1v) is 10.9. The van der Waals surface area contributed by atoms with Crippen LogP contribution in [0.15, 0.2) is 53.4 Å². The molecule has 0 atom stereocenters. The molecule has 158 valence electrons. The lowest BCUT2D eigenvalue weighted by atomic mass is 10.1. The van der Waals surface area contributed by atoms with E-state index in [0.717, 1.165) is 5.56 Å². The SMILES string of the molecule is Cc1cc(C)nc(NS(=O)(=O)c2ccc(NC(=O)c3ccc4c(c3)CC(=O)N4)cc2)n1. The first-order chi connectivity index (χ1) is 14.7. The number of amides is 2. The molecule has 31 heavy (non-hydrogen) atoms. The quantitative estimate of drug-likeness (QED) is 0.563. The minimum Gasteiger partial charge on any atom is -0.326 e. The second-order valence-electron chi connectivity index (χ2n) is 7.16. The summed E-state index contributed by atoms with van der Waals surface area (Å²) in [5.74, 6) is -0.469. The Morgan fingerprint density at radius 1 is 1.00 bits per heavy atom. The van der Waals surface area contributed by atoms with Crippen LogP contribution in [0.5, 0.6) is 0 Å². The summed E-state index contributed by atoms with van der Waals surface area (Å²) in [6.45, 7) is 3.50. The summed E-state index contributed by atoms with van der Waals surface area (Å²) >= 11 is 0. The molecule has 4 rings (SSSR count). The number of carbonyl (C=O) groups excluding carboxylic acids is 2. The molecule has 0 radical (unpaired) electrons. The maximum atomic E-state index is 12.6. The molecule has 0 fully saturated rings. The van der Waals surface area contributed by atoms with Gasteiger partial charge >= 0.3 is 0 Å². The van der Waals surface area contributed by atoms with Crippen LogP contribution in [-0.2, 0) is 21.2 Å². The van der Waals surface area contributed by atoms with Gasteiger partial charge in [0.2, 0.25) is 11.9 Å². The fourth-order valence-corrected chi connectivity index (χ4v) is 4.19. The largest absolute Gasteiger partial charge is 0.326 e. The molecule has 10 heteroatoms. The number of hydrogen-bond acceptors (Lipinski definition) is 6. The zero-order valence-corrected chi connectivity index (χ0v) is 17.6. The minimum atomic E-state index is -3.88. The summed E-state index contributed by atoms with van der Waals surface area (Å²) in [4.78, 5) is 32.1. The van der Waals surface area contributed by atoms with Gasteiger partial charge in [-0.25, -0.2) is 23.1 Å². The van der Waals surface area contributed by atoms with Crippen molar-refractivity contribution in [3.05, 3.63) is 71.0 Å². The third kappa shape index (κ3) is 4.53. The summed E-state index contributed by atoms with van der Waals surface area (Å²) < 4.78 is 27.6. The van der Waals surface area contributed by atoms with Crippen molar-refractivity contribution < 1.29 is 18.0 Å². The standard InChI is InChI=1S/C21H19N5O4S/c1-12-9-13(2)23-21(22-12)26-31(29,30)17-6-4-16(5-7-17)24-20(28)14-3-8-18-15(10-14)11-19(27)25-18/h3-10H,11H2,1-2H3,(H,24,28)(H,25,27)(H,22,23,26). The van der Waals surface area contributed by atoms with Crippen LogP contribution < -0.4 is 15.4 Å². The first kappa shape index (κ1) is 20.5. The van der Waals surface area contributed by atoms with Crippen LogP contribution in [0.3, 0.4) is 0 Å². The summed E-state index contributed by atoms with van der Waals surface area (Å²) in [7, 11) is -3.88. The Labute approximate surface area is 179 Å². The molecule has 1 aromatic heterocycles. The Bertz CT molecular complexity index is 1280. The molecule has 0 unspecified atom stereocenters. The summed E-state index contributed by atoms with van der Waals surface area (Å²) in [6.07, 6.45) is 0.236. The highest BCUT2D eigenvalue weighted by Crippen LogP contribution is 2.24. The Kier molecular flexibility index (Phi) is 5.15. The Morgan fingerprint density at radius 2 is 1.68 bits per heavy atom. The van der Waals surface area contributed by atoms with Crippen molar-refractivity contribution in [2.24, 2.45) is 0 Å². The molecule has 3 aromatic rings. The van der Waals surface area contributed by atoms with E-state index in [4.69, 9.17) is 0 Å². The topological polar surface area (TPSA) is 130 Å². The van der Waals surface area contributed by atoms with E-state index in [2.05, 4.69) is 25.3 Å². The third-order valence-electron chi connectivity index (χ3n) is 4.62. The van der Waals surface area contributed by atoms with Gasteiger partial charge in [-0.2, -0.15) is 0 Å². The number of aryl methyl sites for hydroxylation is 2. The van der Waals surface area contributed by atoms with Crippen molar-refractivity contribution in [3.8, 4) is 0 Å². The molecule has 0 aliphatic carbocycles. The van der Waals surface area contributed by atoms with Gasteiger partial charge in [-0.1, -0.05) is 0 Å². The number of sulfonamides is 1. The summed E-state index contributed by atoms with van der Waals surface area (Å²) in [5, 5.41) is 5.43. The first-order valence-electron chi connectivity index (χ1n) is 9.39. The van der Waals surface area contributed by atoms with Crippen LogP contribution in [0.4, 0.5) is 17.3 Å². The molecule has 1 aliphatic rings. The summed E-state index contributed by atoms with van der Waals surface area (Å²) in [5.41, 5.74) is 3.60. The van der Waals surface area contributed by atoms with E-state index >= 15 is 0 Å². The van der Waals surface area contributed by atoms with Gasteiger partial charge in [0, 0.05) is 28.3 Å². The smallest absolute Gasteiger partial charge is 0.264 e. The molecule has 2 amide bonds. The molecule has 0 saturated heterocycles. The van der Waals surface area contributed by atoms with Crippen molar-refractivity contribution in [2.75, 3.05) is 15.4 Å². The predicted octanol–water partition coefficient (Wildman–Crippen LogP) is 2.64. The van der Waals surface area contributed by atoms with Gasteiger partial charge in [-0.05, 0) is 67.9 Å². The number of hydrogen-bond donors (Lipinski definition) is 3. The number of fused-ring (bicyclic) bond motifs is 1. The lowest BCUT2D eigenvalue weighted by Gasteiger charge is -2.10. The van der Waals surface area contributed by atoms with E-state index in [0.29, 0.717) is 28.3 Å². The van der Waals surface area contributed by atoms with Gasteiger partial charge in [0.1, 0.15) is 0 Å². The van der Waals surface area contributed by atoms with Gasteiger partial charge in [-0.15, -0.1) is 0 Å². The molecule has 2 heterocycles. The van der Waals surface area contributed by atoms with Crippen molar-refractivity contribution >= 4 is 39.2 Å². The van der Waals surface area contributed by atoms with Crippen LogP contribution in [-0.4, -0.2) is 30.2 Å². The Morgan fingerprint density at radius 3 is 2.35 bits per heavy atom. The van der Waals surface area contributed by atoms with Gasteiger partial charge < -0.3 is 10.6 Å². The third-order valence-corrected chi connectivity index (χ3v) is 5.97. The molecule has 0 saturated carbocycles. The fourth-order valence-electron chi connectivity index (χ4n) is 3.24. The van der Waals surface area contributed by atoms with Gasteiger partial charge in [0.15, 0.2) is 0 Å². The molecular weight excluding hydrogens is 418 g/mol. The number of anilines is 3. The van der Waals surface area contributed by atoms with Gasteiger partial charge in [0.25, 0.3) is 15.9 Å². The van der Waals surface area contributed by atoms with Gasteiger partial charge in [0.05, 0.1) is 11.3 Å². The number of benzene rings is 2. The molecule has 0 spiro atoms. The second-order valence-corrected chi connectivity index (χ2v) is 8.84. The lowest BCUT2D eigenvalue weighted by molar-refractivity contribution is -0.115. The average molecular weight is 437 g/mol. The van der Waals surface area contributed by atoms with Crippen LogP contribution >= 0.6 is 0 Å². The number of nitrogens with one attached hydrogen (secondary N) is 3. The monoisotopic (exact) mass is 437 g/mol. The maximum absolute atomic E-state index is 12.6. The van der Waals surface area contributed by atoms with Crippen molar-refractivity contribution in [1.82, 2.24) is 9.97 Å². The van der Waals surface area contributed by atoms with Crippen molar-refractivity contribution in [3.63, 3.8) is 0 Å². The number of carbonyl (C=O) groups is 2. The number of nitrogens with zero attached hydrogens (tertiary/aromatic N) is 2. The van der Waals surface area contributed by atoms with Crippen molar-refractivity contribution in [2.45, 2.75) is 25.2 Å². The van der Waals surface area contributed by atoms with E-state index in [1.165, 1.54) is 24.3 Å². The normalized spacial score (nSPS) is 12.8. The van der Waals surface area contributed by atoms with Crippen LogP contribution in [0, 0.1) is 13.8 Å². The number of rotatable bonds is 5. The zero-order valence-electron chi connectivity index (χ0n) is 16.8. The zero-order chi connectivity index (χ0) is 22.2. The fraction of sp³-hybridized carbons (Fsp3) is 0.143. The average Bonchev–Trinajstić information content (AvgIpc) is 3.06. The highest BCUT2D eigenvalue weighted by atomic mass is 32.2.